The smallest absolute Gasteiger partial charge is 0.317 e. The minimum Gasteiger partial charge on any atom is -0.481 e. The molecule has 2 rings (SSSR count). The average Bonchev–Trinajstić information content (AvgIpc) is 2.85. The summed E-state index contributed by atoms with van der Waals surface area (Å²) in [4.78, 5) is 27.2. The number of fused-ring (bicyclic) bond motifs is 1. The maximum atomic E-state index is 12.0. The van der Waals surface area contributed by atoms with E-state index >= 15 is 0 Å². The summed E-state index contributed by atoms with van der Waals surface area (Å²) in [6.07, 6.45) is 2.92. The molecule has 0 spiro atoms. The van der Waals surface area contributed by atoms with Crippen LogP contribution in [0.1, 0.15) is 26.2 Å². The Morgan fingerprint density at radius 2 is 2.16 bits per heavy atom. The van der Waals surface area contributed by atoms with Gasteiger partial charge >= 0.3 is 12.0 Å². The summed E-state index contributed by atoms with van der Waals surface area (Å²) in [7, 11) is 0. The van der Waals surface area contributed by atoms with Crippen molar-refractivity contribution in [3.05, 3.63) is 0 Å². The van der Waals surface area contributed by atoms with Gasteiger partial charge in [-0.1, -0.05) is 6.92 Å². The second-order valence-corrected chi connectivity index (χ2v) is 5.41. The van der Waals surface area contributed by atoms with E-state index in [0.29, 0.717) is 12.5 Å². The van der Waals surface area contributed by atoms with Gasteiger partial charge in [0.2, 0.25) is 0 Å². The van der Waals surface area contributed by atoms with E-state index in [0.717, 1.165) is 32.6 Å². The third-order valence-corrected chi connectivity index (χ3v) is 4.22. The van der Waals surface area contributed by atoms with E-state index in [4.69, 9.17) is 5.11 Å². The largest absolute Gasteiger partial charge is 0.481 e. The van der Waals surface area contributed by atoms with E-state index in [9.17, 15) is 9.59 Å². The molecule has 2 unspecified atom stereocenters. The summed E-state index contributed by atoms with van der Waals surface area (Å²) in [5, 5.41) is 11.7. The molecule has 0 radical (unpaired) electrons. The van der Waals surface area contributed by atoms with Gasteiger partial charge in [0.15, 0.2) is 0 Å². The summed E-state index contributed by atoms with van der Waals surface area (Å²) < 4.78 is 0. The fourth-order valence-electron chi connectivity index (χ4n) is 2.90. The minimum atomic E-state index is -0.844. The Balaban J connectivity index is 1.78. The van der Waals surface area contributed by atoms with Gasteiger partial charge in [-0.05, 0) is 25.8 Å². The van der Waals surface area contributed by atoms with Gasteiger partial charge in [-0.15, -0.1) is 0 Å². The second-order valence-electron chi connectivity index (χ2n) is 5.41. The molecule has 2 aliphatic heterocycles. The van der Waals surface area contributed by atoms with Gasteiger partial charge in [0, 0.05) is 32.2 Å². The molecule has 2 amide bonds. The molecule has 6 nitrogen and oxygen atoms in total. The normalized spacial score (nSPS) is 24.9. The number of nitrogens with one attached hydrogen (secondary N) is 1. The molecule has 108 valence electrons. The highest BCUT2D eigenvalue weighted by Gasteiger charge is 2.32. The second kappa shape index (κ2) is 6.23. The highest BCUT2D eigenvalue weighted by atomic mass is 16.4. The maximum absolute atomic E-state index is 12.0. The molecule has 2 aliphatic rings. The standard InChI is InChI=1S/C13H23N3O3/c1-2-10(12(17)18)8-14-13(19)16-7-6-15-5-3-4-11(15)9-16/h10-11H,2-9H2,1H3,(H,14,19)(H,17,18). The van der Waals surface area contributed by atoms with Crippen LogP contribution in [0.4, 0.5) is 4.79 Å². The number of amides is 2. The first-order valence-corrected chi connectivity index (χ1v) is 7.11. The van der Waals surface area contributed by atoms with Crippen molar-refractivity contribution in [3.63, 3.8) is 0 Å². The Morgan fingerprint density at radius 1 is 1.37 bits per heavy atom. The van der Waals surface area contributed by atoms with E-state index in [2.05, 4.69) is 10.2 Å². The zero-order valence-corrected chi connectivity index (χ0v) is 11.5. The third kappa shape index (κ3) is 3.37. The molecule has 2 atom stereocenters. The molecule has 2 fully saturated rings. The average molecular weight is 269 g/mol. The number of piperazine rings is 1. The van der Waals surface area contributed by atoms with Crippen molar-refractivity contribution >= 4 is 12.0 Å². The Bertz CT molecular complexity index is 348. The van der Waals surface area contributed by atoms with Gasteiger partial charge < -0.3 is 15.3 Å². The first kappa shape index (κ1) is 14.1. The molecule has 6 heteroatoms. The monoisotopic (exact) mass is 269 g/mol. The summed E-state index contributed by atoms with van der Waals surface area (Å²) in [5.74, 6) is -1.33. The first-order chi connectivity index (χ1) is 9.11. The molecule has 0 aromatic heterocycles. The molecule has 2 heterocycles. The van der Waals surface area contributed by atoms with Gasteiger partial charge in [0.05, 0.1) is 5.92 Å². The van der Waals surface area contributed by atoms with E-state index in [-0.39, 0.29) is 12.6 Å². The van der Waals surface area contributed by atoms with Crippen LogP contribution >= 0.6 is 0 Å². The van der Waals surface area contributed by atoms with E-state index in [1.54, 1.807) is 0 Å². The topological polar surface area (TPSA) is 72.9 Å². The van der Waals surface area contributed by atoms with E-state index in [1.165, 1.54) is 6.42 Å². The van der Waals surface area contributed by atoms with Crippen LogP contribution in [0.2, 0.25) is 0 Å². The van der Waals surface area contributed by atoms with Crippen LogP contribution in [-0.4, -0.2) is 65.7 Å². The zero-order valence-electron chi connectivity index (χ0n) is 11.5. The predicted octanol–water partition coefficient (Wildman–Crippen LogP) is 0.587. The molecule has 0 aliphatic carbocycles. The quantitative estimate of drug-likeness (QED) is 0.783. The number of carbonyl (C=O) groups excluding carboxylic acids is 1. The Kier molecular flexibility index (Phi) is 4.63. The van der Waals surface area contributed by atoms with E-state index in [1.807, 2.05) is 11.8 Å². The number of hydrogen-bond acceptors (Lipinski definition) is 3. The fourth-order valence-corrected chi connectivity index (χ4v) is 2.90. The van der Waals surface area contributed by atoms with Crippen molar-refractivity contribution in [2.45, 2.75) is 32.2 Å². The van der Waals surface area contributed by atoms with Gasteiger partial charge in [0.25, 0.3) is 0 Å². The predicted molar refractivity (Wildman–Crippen MR) is 71.0 cm³/mol. The Labute approximate surface area is 113 Å². The minimum absolute atomic E-state index is 0.119. The zero-order chi connectivity index (χ0) is 13.8. The van der Waals surface area contributed by atoms with E-state index < -0.39 is 11.9 Å². The van der Waals surface area contributed by atoms with Crippen LogP contribution in [0.25, 0.3) is 0 Å². The molecular weight excluding hydrogens is 246 g/mol. The third-order valence-electron chi connectivity index (χ3n) is 4.22. The summed E-state index contributed by atoms with van der Waals surface area (Å²) in [6.45, 7) is 5.64. The molecule has 0 aromatic rings. The lowest BCUT2D eigenvalue weighted by molar-refractivity contribution is -0.141. The SMILES string of the molecule is CCC(CNC(=O)N1CCN2CCCC2C1)C(=O)O. The summed E-state index contributed by atoms with van der Waals surface area (Å²) in [6, 6.07) is 0.382. The molecule has 2 N–H and O–H groups in total. The number of urea groups is 1. The number of hydrogen-bond donors (Lipinski definition) is 2. The molecule has 2 saturated heterocycles. The lowest BCUT2D eigenvalue weighted by Crippen LogP contribution is -2.55. The number of carboxylic acid groups (broad SMARTS) is 1. The highest BCUT2D eigenvalue weighted by molar-refractivity contribution is 5.76. The first-order valence-electron chi connectivity index (χ1n) is 7.11. The van der Waals surface area contributed by atoms with Crippen LogP contribution in [0.15, 0.2) is 0 Å². The molecule has 0 aromatic carbocycles. The molecular formula is C13H23N3O3. The van der Waals surface area contributed by atoms with Crippen molar-refractivity contribution < 1.29 is 14.7 Å². The number of carbonyl (C=O) groups is 2. The van der Waals surface area contributed by atoms with Crippen LogP contribution < -0.4 is 5.32 Å². The Hall–Kier alpha value is -1.30. The Morgan fingerprint density at radius 3 is 2.84 bits per heavy atom. The van der Waals surface area contributed by atoms with Crippen LogP contribution in [0.5, 0.6) is 0 Å². The van der Waals surface area contributed by atoms with Crippen molar-refractivity contribution in [3.8, 4) is 0 Å². The summed E-state index contributed by atoms with van der Waals surface area (Å²) >= 11 is 0. The van der Waals surface area contributed by atoms with Crippen LogP contribution in [0, 0.1) is 5.92 Å². The fraction of sp³-hybridized carbons (Fsp3) is 0.846. The van der Waals surface area contributed by atoms with Gasteiger partial charge in [-0.3, -0.25) is 9.69 Å². The lowest BCUT2D eigenvalue weighted by atomic mass is 10.1. The number of nitrogens with zero attached hydrogens (tertiary/aromatic N) is 2. The number of rotatable bonds is 4. The van der Waals surface area contributed by atoms with Crippen LogP contribution in [-0.2, 0) is 4.79 Å². The van der Waals surface area contributed by atoms with Crippen LogP contribution in [0.3, 0.4) is 0 Å². The number of aliphatic carboxylic acids is 1. The molecule has 0 bridgehead atoms. The van der Waals surface area contributed by atoms with Gasteiger partial charge in [0.1, 0.15) is 0 Å². The van der Waals surface area contributed by atoms with Crippen molar-refractivity contribution in [1.29, 1.82) is 0 Å². The highest BCUT2D eigenvalue weighted by Crippen LogP contribution is 2.21. The molecule has 0 saturated carbocycles. The van der Waals surface area contributed by atoms with Crippen molar-refractivity contribution in [2.24, 2.45) is 5.92 Å². The van der Waals surface area contributed by atoms with Crippen molar-refractivity contribution in [1.82, 2.24) is 15.1 Å². The number of carboxylic acids is 1. The van der Waals surface area contributed by atoms with Gasteiger partial charge in [-0.25, -0.2) is 4.79 Å². The lowest BCUT2D eigenvalue weighted by Gasteiger charge is -2.37. The van der Waals surface area contributed by atoms with Crippen molar-refractivity contribution in [2.75, 3.05) is 32.7 Å². The summed E-state index contributed by atoms with van der Waals surface area (Å²) in [5.41, 5.74) is 0. The maximum Gasteiger partial charge on any atom is 0.317 e. The molecule has 19 heavy (non-hydrogen) atoms. The van der Waals surface area contributed by atoms with Gasteiger partial charge in [-0.2, -0.15) is 0 Å².